The monoisotopic (exact) mass is 427 g/mol. The second kappa shape index (κ2) is 7.34. The van der Waals surface area contributed by atoms with Crippen LogP contribution in [0.2, 0.25) is 10.0 Å². The normalized spacial score (nSPS) is 11.9. The van der Waals surface area contributed by atoms with Crippen LogP contribution in [0.4, 0.5) is 18.9 Å². The maximum atomic E-state index is 12.9. The molecule has 0 saturated carbocycles. The van der Waals surface area contributed by atoms with E-state index in [0.29, 0.717) is 6.07 Å². The summed E-state index contributed by atoms with van der Waals surface area (Å²) >= 11 is 11.4. The lowest BCUT2D eigenvalue weighted by molar-refractivity contribution is -0.137. The van der Waals surface area contributed by atoms with E-state index in [1.165, 1.54) is 12.1 Å². The van der Waals surface area contributed by atoms with Gasteiger partial charge in [-0.1, -0.05) is 23.2 Å². The van der Waals surface area contributed by atoms with Crippen LogP contribution < -0.4 is 4.72 Å². The van der Waals surface area contributed by atoms with E-state index in [1.807, 2.05) is 0 Å². The molecule has 2 rings (SSSR count). The molecule has 11 heteroatoms. The third kappa shape index (κ3) is 4.40. The molecule has 0 aliphatic heterocycles. The second-order valence-electron chi connectivity index (χ2n) is 4.93. The van der Waals surface area contributed by atoms with E-state index in [9.17, 15) is 26.4 Å². The van der Waals surface area contributed by atoms with Gasteiger partial charge in [0.2, 0.25) is 0 Å². The van der Waals surface area contributed by atoms with Crippen LogP contribution in [0.3, 0.4) is 0 Å². The number of hydrogen-bond donors (Lipinski definition) is 1. The quantitative estimate of drug-likeness (QED) is 0.723. The van der Waals surface area contributed by atoms with E-state index in [4.69, 9.17) is 23.2 Å². The Morgan fingerprint density at radius 1 is 1.08 bits per heavy atom. The van der Waals surface area contributed by atoms with Gasteiger partial charge in [0.15, 0.2) is 0 Å². The van der Waals surface area contributed by atoms with Crippen LogP contribution in [-0.4, -0.2) is 21.5 Å². The number of hydrogen-bond acceptors (Lipinski definition) is 4. The minimum Gasteiger partial charge on any atom is -0.465 e. The average Bonchev–Trinajstić information content (AvgIpc) is 2.55. The Morgan fingerprint density at radius 2 is 1.73 bits per heavy atom. The van der Waals surface area contributed by atoms with E-state index in [0.717, 1.165) is 25.3 Å². The molecule has 2 aromatic rings. The van der Waals surface area contributed by atoms with Crippen molar-refractivity contribution in [2.75, 3.05) is 11.8 Å². The number of anilines is 1. The largest absolute Gasteiger partial charge is 0.465 e. The molecule has 0 spiro atoms. The van der Waals surface area contributed by atoms with Gasteiger partial charge < -0.3 is 4.74 Å². The molecule has 5 nitrogen and oxygen atoms in total. The SMILES string of the molecule is COC(=O)c1ccc(NS(=O)(=O)c2ccc(Cl)c(C(F)(F)F)c2)c(Cl)c1. The number of ether oxygens (including phenoxy) is 1. The lowest BCUT2D eigenvalue weighted by atomic mass is 10.2. The fourth-order valence-corrected chi connectivity index (χ4v) is 3.55. The zero-order valence-corrected chi connectivity index (χ0v) is 15.2. The predicted octanol–water partition coefficient (Wildman–Crippen LogP) is 4.60. The van der Waals surface area contributed by atoms with Crippen LogP contribution in [0, 0.1) is 0 Å². The third-order valence-electron chi connectivity index (χ3n) is 3.19. The van der Waals surface area contributed by atoms with Crippen LogP contribution in [0.1, 0.15) is 15.9 Å². The van der Waals surface area contributed by atoms with Crippen molar-refractivity contribution in [1.82, 2.24) is 0 Å². The third-order valence-corrected chi connectivity index (χ3v) is 5.19. The summed E-state index contributed by atoms with van der Waals surface area (Å²) in [4.78, 5) is 10.8. The fraction of sp³-hybridized carbons (Fsp3) is 0.133. The molecule has 0 fully saturated rings. The van der Waals surface area contributed by atoms with Gasteiger partial charge in [0.1, 0.15) is 0 Å². The van der Waals surface area contributed by atoms with Crippen molar-refractivity contribution in [2.24, 2.45) is 0 Å². The highest BCUT2D eigenvalue weighted by Crippen LogP contribution is 2.36. The maximum Gasteiger partial charge on any atom is 0.417 e. The molecule has 140 valence electrons. The van der Waals surface area contributed by atoms with Crippen LogP contribution >= 0.6 is 23.2 Å². The second-order valence-corrected chi connectivity index (χ2v) is 7.43. The lowest BCUT2D eigenvalue weighted by Crippen LogP contribution is -2.15. The number of methoxy groups -OCH3 is 1. The first-order chi connectivity index (χ1) is 12.0. The topological polar surface area (TPSA) is 72.5 Å². The molecule has 0 unspecified atom stereocenters. The number of carbonyl (C=O) groups excluding carboxylic acids is 1. The van der Waals surface area contributed by atoms with Gasteiger partial charge in [-0.2, -0.15) is 13.2 Å². The summed E-state index contributed by atoms with van der Waals surface area (Å²) in [5, 5.41) is -0.765. The number of esters is 1. The van der Waals surface area contributed by atoms with Crippen molar-refractivity contribution in [3.8, 4) is 0 Å². The summed E-state index contributed by atoms with van der Waals surface area (Å²) in [6.07, 6.45) is -4.82. The summed E-state index contributed by atoms with van der Waals surface area (Å²) in [7, 11) is -3.22. The van der Waals surface area contributed by atoms with Crippen molar-refractivity contribution >= 4 is 44.9 Å². The molecule has 0 aromatic heterocycles. The van der Waals surface area contributed by atoms with Crippen molar-refractivity contribution in [3.05, 3.63) is 57.6 Å². The molecule has 0 amide bonds. The van der Waals surface area contributed by atoms with Crippen molar-refractivity contribution in [1.29, 1.82) is 0 Å². The Morgan fingerprint density at radius 3 is 2.27 bits per heavy atom. The van der Waals surface area contributed by atoms with Gasteiger partial charge in [-0.05, 0) is 36.4 Å². The molecule has 1 N–H and O–H groups in total. The Kier molecular flexibility index (Phi) is 5.74. The number of benzene rings is 2. The number of nitrogens with one attached hydrogen (secondary N) is 1. The van der Waals surface area contributed by atoms with Crippen LogP contribution in [0.5, 0.6) is 0 Å². The Balaban J connectivity index is 2.39. The van der Waals surface area contributed by atoms with Crippen molar-refractivity contribution in [3.63, 3.8) is 0 Å². The van der Waals surface area contributed by atoms with Crippen LogP contribution in [0.25, 0.3) is 0 Å². The summed E-state index contributed by atoms with van der Waals surface area (Å²) in [5.74, 6) is -0.686. The number of carbonyl (C=O) groups is 1. The lowest BCUT2D eigenvalue weighted by Gasteiger charge is -2.13. The van der Waals surface area contributed by atoms with Gasteiger partial charge in [-0.3, -0.25) is 4.72 Å². The molecular weight excluding hydrogens is 418 g/mol. The summed E-state index contributed by atoms with van der Waals surface area (Å²) in [5.41, 5.74) is -1.33. The van der Waals surface area contributed by atoms with Gasteiger partial charge in [0.05, 0.1) is 38.9 Å². The standard InChI is InChI=1S/C15H10Cl2F3NO4S/c1-25-14(22)8-2-5-13(12(17)6-8)21-26(23,24)9-3-4-11(16)10(7-9)15(18,19)20/h2-7,21H,1H3. The zero-order valence-electron chi connectivity index (χ0n) is 12.9. The first kappa shape index (κ1) is 20.3. The van der Waals surface area contributed by atoms with Gasteiger partial charge in [0, 0.05) is 0 Å². The summed E-state index contributed by atoms with van der Waals surface area (Å²) in [6, 6.07) is 5.78. The first-order valence-electron chi connectivity index (χ1n) is 6.73. The molecule has 26 heavy (non-hydrogen) atoms. The minimum atomic E-state index is -4.82. The molecule has 0 saturated heterocycles. The molecular formula is C15H10Cl2F3NO4S. The number of sulfonamides is 1. The molecule has 0 heterocycles. The van der Waals surface area contributed by atoms with Crippen molar-refractivity contribution in [2.45, 2.75) is 11.1 Å². The van der Waals surface area contributed by atoms with E-state index < -0.39 is 37.7 Å². The molecule has 0 aliphatic carbocycles. The summed E-state index contributed by atoms with van der Waals surface area (Å²) in [6.45, 7) is 0. The van der Waals surface area contributed by atoms with Crippen molar-refractivity contribution < 1.29 is 31.1 Å². The van der Waals surface area contributed by atoms with Crippen LogP contribution in [0.15, 0.2) is 41.3 Å². The van der Waals surface area contributed by atoms with Gasteiger partial charge in [-0.15, -0.1) is 0 Å². The number of alkyl halides is 3. The molecule has 0 bridgehead atoms. The highest BCUT2D eigenvalue weighted by atomic mass is 35.5. The fourth-order valence-electron chi connectivity index (χ4n) is 1.94. The molecule has 2 aromatic carbocycles. The predicted molar refractivity (Wildman–Crippen MR) is 90.1 cm³/mol. The highest BCUT2D eigenvalue weighted by Gasteiger charge is 2.34. The first-order valence-corrected chi connectivity index (χ1v) is 8.97. The maximum absolute atomic E-state index is 12.9. The van der Waals surface area contributed by atoms with Gasteiger partial charge in [0.25, 0.3) is 10.0 Å². The minimum absolute atomic E-state index is 0.0753. The van der Waals surface area contributed by atoms with E-state index >= 15 is 0 Å². The number of halogens is 5. The van der Waals surface area contributed by atoms with Gasteiger partial charge >= 0.3 is 12.1 Å². The zero-order chi connectivity index (χ0) is 19.7. The van der Waals surface area contributed by atoms with Gasteiger partial charge in [-0.25, -0.2) is 13.2 Å². The Bertz CT molecular complexity index is 962. The Labute approximate surface area is 156 Å². The van der Waals surface area contributed by atoms with Crippen LogP contribution in [-0.2, 0) is 20.9 Å². The smallest absolute Gasteiger partial charge is 0.417 e. The van der Waals surface area contributed by atoms with E-state index in [2.05, 4.69) is 9.46 Å². The van der Waals surface area contributed by atoms with E-state index in [1.54, 1.807) is 0 Å². The summed E-state index contributed by atoms with van der Waals surface area (Å²) < 4.78 is 70.0. The highest BCUT2D eigenvalue weighted by molar-refractivity contribution is 7.92. The molecule has 0 aliphatic rings. The van der Waals surface area contributed by atoms with E-state index in [-0.39, 0.29) is 16.3 Å². The Hall–Kier alpha value is -1.97. The molecule has 0 radical (unpaired) electrons. The molecule has 0 atom stereocenters. The average molecular weight is 428 g/mol. The number of rotatable bonds is 4.